The zero-order valence-corrected chi connectivity index (χ0v) is 11.0. The molecule has 1 aliphatic rings. The number of sulfonamides is 1. The van der Waals surface area contributed by atoms with Crippen LogP contribution in [0.25, 0.3) is 0 Å². The first-order chi connectivity index (χ1) is 9.58. The minimum Gasteiger partial charge on any atom is -0.454 e. The maximum Gasteiger partial charge on any atom is 0.295 e. The van der Waals surface area contributed by atoms with Crippen molar-refractivity contribution in [2.24, 2.45) is 0 Å². The summed E-state index contributed by atoms with van der Waals surface area (Å²) in [4.78, 5) is 0. The molecule has 2 N–H and O–H groups in total. The molecule has 0 fully saturated rings. The maximum absolute atomic E-state index is 12.1. The summed E-state index contributed by atoms with van der Waals surface area (Å²) in [6.45, 7) is -0.247. The number of furan rings is 1. The summed E-state index contributed by atoms with van der Waals surface area (Å²) < 4.78 is 41.8. The van der Waals surface area contributed by atoms with Crippen LogP contribution in [0.2, 0.25) is 0 Å². The smallest absolute Gasteiger partial charge is 0.295 e. The lowest BCUT2D eigenvalue weighted by atomic mass is 10.3. The van der Waals surface area contributed by atoms with Gasteiger partial charge in [-0.3, -0.25) is 4.72 Å². The van der Waals surface area contributed by atoms with Crippen LogP contribution in [-0.4, -0.2) is 20.3 Å². The van der Waals surface area contributed by atoms with Crippen LogP contribution in [-0.2, 0) is 16.6 Å². The molecule has 2 heterocycles. The molecular weight excluding hydrogens is 286 g/mol. The van der Waals surface area contributed by atoms with Crippen LogP contribution in [0.3, 0.4) is 0 Å². The molecule has 0 bridgehead atoms. The molecule has 0 saturated carbocycles. The lowest BCUT2D eigenvalue weighted by Crippen LogP contribution is -2.12. The van der Waals surface area contributed by atoms with E-state index in [2.05, 4.69) is 4.72 Å². The van der Waals surface area contributed by atoms with Crippen LogP contribution >= 0.6 is 0 Å². The molecule has 0 radical (unpaired) electrons. The molecule has 3 rings (SSSR count). The quantitative estimate of drug-likeness (QED) is 0.882. The van der Waals surface area contributed by atoms with Crippen molar-refractivity contribution in [1.29, 1.82) is 0 Å². The Morgan fingerprint density at radius 1 is 1.15 bits per heavy atom. The van der Waals surface area contributed by atoms with E-state index in [1.807, 2.05) is 0 Å². The predicted octanol–water partition coefficient (Wildman–Crippen LogP) is 1.30. The van der Waals surface area contributed by atoms with Gasteiger partial charge in [-0.1, -0.05) is 0 Å². The fourth-order valence-electron chi connectivity index (χ4n) is 1.75. The molecule has 0 amide bonds. The van der Waals surface area contributed by atoms with Crippen molar-refractivity contribution in [1.82, 2.24) is 0 Å². The van der Waals surface area contributed by atoms with Crippen molar-refractivity contribution in [3.8, 4) is 11.5 Å². The molecule has 7 nitrogen and oxygen atoms in total. The highest BCUT2D eigenvalue weighted by Gasteiger charge is 2.20. The summed E-state index contributed by atoms with van der Waals surface area (Å²) in [6.07, 6.45) is 0. The van der Waals surface area contributed by atoms with Crippen molar-refractivity contribution in [3.05, 3.63) is 36.1 Å². The van der Waals surface area contributed by atoms with Gasteiger partial charge in [0, 0.05) is 6.07 Å². The number of anilines is 1. The second-order valence-corrected chi connectivity index (χ2v) is 5.67. The summed E-state index contributed by atoms with van der Waals surface area (Å²) in [5, 5.41) is 8.61. The molecule has 8 heteroatoms. The lowest BCUT2D eigenvalue weighted by Gasteiger charge is -2.06. The molecule has 0 spiro atoms. The second-order valence-electron chi connectivity index (χ2n) is 4.05. The van der Waals surface area contributed by atoms with Gasteiger partial charge >= 0.3 is 0 Å². The van der Waals surface area contributed by atoms with Crippen LogP contribution in [0.5, 0.6) is 11.5 Å². The van der Waals surface area contributed by atoms with Crippen molar-refractivity contribution < 1.29 is 27.4 Å². The number of fused-ring (bicyclic) bond motifs is 1. The minimum absolute atomic E-state index is 0.115. The number of nitrogens with one attached hydrogen (secondary N) is 1. The molecule has 0 aliphatic carbocycles. The summed E-state index contributed by atoms with van der Waals surface area (Å²) in [7, 11) is -3.84. The molecule has 1 aromatic heterocycles. The van der Waals surface area contributed by atoms with Gasteiger partial charge in [-0.05, 0) is 24.3 Å². The van der Waals surface area contributed by atoms with Gasteiger partial charge in [-0.2, -0.15) is 8.42 Å². The third-order valence-electron chi connectivity index (χ3n) is 2.68. The minimum atomic E-state index is -3.84. The Balaban J connectivity index is 1.86. The Morgan fingerprint density at radius 3 is 2.70 bits per heavy atom. The highest BCUT2D eigenvalue weighted by Crippen LogP contribution is 2.34. The monoisotopic (exact) mass is 297 g/mol. The van der Waals surface area contributed by atoms with E-state index in [4.69, 9.17) is 19.0 Å². The highest BCUT2D eigenvalue weighted by molar-refractivity contribution is 7.92. The third-order valence-corrected chi connectivity index (χ3v) is 3.94. The predicted molar refractivity (Wildman–Crippen MR) is 68.0 cm³/mol. The lowest BCUT2D eigenvalue weighted by molar-refractivity contribution is 0.174. The molecule has 0 atom stereocenters. The summed E-state index contributed by atoms with van der Waals surface area (Å²) in [6, 6.07) is 7.37. The first-order valence-corrected chi connectivity index (χ1v) is 7.19. The molecule has 1 aliphatic heterocycles. The van der Waals surface area contributed by atoms with Crippen LogP contribution < -0.4 is 14.2 Å². The SMILES string of the molecule is O=S(=O)(Nc1ccc2c(c1)OCO2)c1ccc(CO)o1. The zero-order chi connectivity index (χ0) is 14.2. The Kier molecular flexibility index (Phi) is 3.03. The van der Waals surface area contributed by atoms with E-state index in [0.717, 1.165) is 0 Å². The molecule has 2 aromatic rings. The van der Waals surface area contributed by atoms with Gasteiger partial charge in [0.15, 0.2) is 11.5 Å². The van der Waals surface area contributed by atoms with Gasteiger partial charge in [-0.15, -0.1) is 0 Å². The average Bonchev–Trinajstić information content (AvgIpc) is 3.06. The number of aliphatic hydroxyl groups excluding tert-OH is 1. The fourth-order valence-corrected chi connectivity index (χ4v) is 2.75. The normalized spacial score (nSPS) is 13.4. The Labute approximate surface area is 114 Å². The number of benzene rings is 1. The van der Waals surface area contributed by atoms with E-state index in [0.29, 0.717) is 17.2 Å². The van der Waals surface area contributed by atoms with E-state index in [9.17, 15) is 8.42 Å². The molecule has 1 aromatic carbocycles. The molecule has 0 unspecified atom stereocenters. The van der Waals surface area contributed by atoms with E-state index in [1.165, 1.54) is 18.2 Å². The van der Waals surface area contributed by atoms with Gasteiger partial charge in [0.05, 0.1) is 5.69 Å². The Hall–Kier alpha value is -2.19. The zero-order valence-electron chi connectivity index (χ0n) is 10.2. The number of hydrogen-bond acceptors (Lipinski definition) is 6. The molecule has 0 saturated heterocycles. The number of ether oxygens (including phenoxy) is 2. The molecule has 106 valence electrons. The van der Waals surface area contributed by atoms with Crippen molar-refractivity contribution in [2.75, 3.05) is 11.5 Å². The molecular formula is C12H11NO6S. The van der Waals surface area contributed by atoms with Crippen molar-refractivity contribution in [2.45, 2.75) is 11.7 Å². The highest BCUT2D eigenvalue weighted by atomic mass is 32.2. The number of rotatable bonds is 4. The van der Waals surface area contributed by atoms with Crippen LogP contribution in [0, 0.1) is 0 Å². The second kappa shape index (κ2) is 4.73. The third kappa shape index (κ3) is 2.30. The fraction of sp³-hybridized carbons (Fsp3) is 0.167. The standard InChI is InChI=1S/C12H11NO6S/c14-6-9-2-4-12(19-9)20(15,16)13-8-1-3-10-11(5-8)18-7-17-10/h1-5,13-14H,6-7H2. The first-order valence-electron chi connectivity index (χ1n) is 5.70. The first kappa shape index (κ1) is 12.8. The van der Waals surface area contributed by atoms with Gasteiger partial charge in [0.25, 0.3) is 10.0 Å². The largest absolute Gasteiger partial charge is 0.454 e. The Morgan fingerprint density at radius 2 is 1.95 bits per heavy atom. The van der Waals surface area contributed by atoms with Crippen LogP contribution in [0.4, 0.5) is 5.69 Å². The molecule has 20 heavy (non-hydrogen) atoms. The van der Waals surface area contributed by atoms with E-state index in [1.54, 1.807) is 12.1 Å². The van der Waals surface area contributed by atoms with Gasteiger partial charge < -0.3 is 19.0 Å². The summed E-state index contributed by atoms with van der Waals surface area (Å²) >= 11 is 0. The van der Waals surface area contributed by atoms with Gasteiger partial charge in [-0.25, -0.2) is 0 Å². The number of aliphatic hydroxyl groups is 1. The van der Waals surface area contributed by atoms with Crippen LogP contribution in [0.1, 0.15) is 5.76 Å². The summed E-state index contributed by atoms with van der Waals surface area (Å²) in [5.41, 5.74) is 0.330. The van der Waals surface area contributed by atoms with Gasteiger partial charge in [0.1, 0.15) is 12.4 Å². The maximum atomic E-state index is 12.1. The summed E-state index contributed by atoms with van der Waals surface area (Å²) in [5.74, 6) is 1.21. The number of hydrogen-bond donors (Lipinski definition) is 2. The van der Waals surface area contributed by atoms with Crippen molar-refractivity contribution in [3.63, 3.8) is 0 Å². The van der Waals surface area contributed by atoms with Gasteiger partial charge in [0.2, 0.25) is 11.9 Å². The average molecular weight is 297 g/mol. The van der Waals surface area contributed by atoms with E-state index in [-0.39, 0.29) is 24.3 Å². The van der Waals surface area contributed by atoms with E-state index < -0.39 is 10.0 Å². The Bertz CT molecular complexity index is 736. The van der Waals surface area contributed by atoms with E-state index >= 15 is 0 Å². The topological polar surface area (TPSA) is 98.0 Å². The van der Waals surface area contributed by atoms with Crippen LogP contribution in [0.15, 0.2) is 39.8 Å². The van der Waals surface area contributed by atoms with Crippen molar-refractivity contribution >= 4 is 15.7 Å².